The van der Waals surface area contributed by atoms with Gasteiger partial charge in [0.05, 0.1) is 28.1 Å². The van der Waals surface area contributed by atoms with Crippen molar-refractivity contribution in [2.45, 2.75) is 38.5 Å². The van der Waals surface area contributed by atoms with Crippen LogP contribution in [0.15, 0.2) is 194 Å². The molecule has 0 saturated heterocycles. The molecule has 1 heterocycles. The fourth-order valence-electron chi connectivity index (χ4n) is 11.1. The minimum atomic E-state index is -0.223. The van der Waals surface area contributed by atoms with Gasteiger partial charge in [-0.05, 0) is 97.9 Å². The maximum absolute atomic E-state index is 2.60. The molecule has 0 N–H and O–H groups in total. The van der Waals surface area contributed by atoms with Crippen LogP contribution in [0, 0.1) is 0 Å². The van der Waals surface area contributed by atoms with E-state index in [1.807, 2.05) is 0 Å². The molecule has 0 atom stereocenters. The summed E-state index contributed by atoms with van der Waals surface area (Å²) in [6.07, 6.45) is 0. The highest BCUT2D eigenvalue weighted by Crippen LogP contribution is 2.58. The van der Waals surface area contributed by atoms with Crippen molar-refractivity contribution in [3.8, 4) is 39.1 Å². The Morgan fingerprint density at radius 3 is 1.73 bits per heavy atom. The van der Waals surface area contributed by atoms with Gasteiger partial charge < -0.3 is 9.47 Å². The molecule has 9 aromatic carbocycles. The van der Waals surface area contributed by atoms with Crippen LogP contribution < -0.4 is 4.90 Å². The van der Waals surface area contributed by atoms with E-state index in [1.165, 1.54) is 105 Å². The van der Waals surface area contributed by atoms with Crippen molar-refractivity contribution >= 4 is 49.6 Å². The molecule has 0 fully saturated rings. The molecule has 0 saturated carbocycles. The molecule has 0 radical (unpaired) electrons. The maximum atomic E-state index is 2.60. The van der Waals surface area contributed by atoms with E-state index in [1.54, 1.807) is 0 Å². The van der Waals surface area contributed by atoms with Crippen molar-refractivity contribution in [1.29, 1.82) is 0 Å². The first kappa shape index (κ1) is 34.8. The summed E-state index contributed by atoms with van der Waals surface area (Å²) in [4.78, 5) is 2.60. The molecule has 286 valence electrons. The van der Waals surface area contributed by atoms with Crippen molar-refractivity contribution in [2.75, 3.05) is 4.90 Å². The fourth-order valence-corrected chi connectivity index (χ4v) is 11.1. The number of benzene rings is 9. The van der Waals surface area contributed by atoms with E-state index in [0.717, 1.165) is 5.69 Å². The van der Waals surface area contributed by atoms with Gasteiger partial charge in [0.25, 0.3) is 0 Å². The number of rotatable bonds is 5. The molecule has 10 aromatic rings. The molecule has 60 heavy (non-hydrogen) atoms. The Hall–Kier alpha value is -7.16. The zero-order chi connectivity index (χ0) is 40.3. The molecule has 1 aromatic heterocycles. The maximum Gasteiger partial charge on any atom is 0.0546 e. The Kier molecular flexibility index (Phi) is 7.36. The third kappa shape index (κ3) is 4.76. The van der Waals surface area contributed by atoms with E-state index in [0.29, 0.717) is 0 Å². The summed E-state index contributed by atoms with van der Waals surface area (Å²) in [6, 6.07) is 72.4. The molecule has 0 unspecified atom stereocenters. The molecule has 2 aliphatic rings. The molecule has 0 amide bonds. The second kappa shape index (κ2) is 12.7. The van der Waals surface area contributed by atoms with Crippen molar-refractivity contribution in [3.63, 3.8) is 0 Å². The highest BCUT2D eigenvalue weighted by molar-refractivity contribution is 6.13. The number of nitrogens with zero attached hydrogens (tertiary/aromatic N) is 2. The van der Waals surface area contributed by atoms with Crippen LogP contribution in [0.4, 0.5) is 17.1 Å². The summed E-state index contributed by atoms with van der Waals surface area (Å²) in [7, 11) is 0. The number of hydrogen-bond donors (Lipinski definition) is 0. The highest BCUT2D eigenvalue weighted by atomic mass is 15.2. The van der Waals surface area contributed by atoms with Gasteiger partial charge >= 0.3 is 0 Å². The Labute approximate surface area is 351 Å². The number of fused-ring (bicyclic) bond motifs is 10. The lowest BCUT2D eigenvalue weighted by Gasteiger charge is -2.34. The second-order valence-corrected chi connectivity index (χ2v) is 17.7. The van der Waals surface area contributed by atoms with Crippen molar-refractivity contribution in [2.24, 2.45) is 0 Å². The van der Waals surface area contributed by atoms with E-state index in [-0.39, 0.29) is 10.8 Å². The van der Waals surface area contributed by atoms with Crippen molar-refractivity contribution in [1.82, 2.24) is 4.57 Å². The predicted molar refractivity (Wildman–Crippen MR) is 254 cm³/mol. The Morgan fingerprint density at radius 2 is 0.983 bits per heavy atom. The molecule has 2 nitrogen and oxygen atoms in total. The smallest absolute Gasteiger partial charge is 0.0546 e. The second-order valence-electron chi connectivity index (χ2n) is 17.7. The summed E-state index contributed by atoms with van der Waals surface area (Å²) in [6.45, 7) is 9.57. The summed E-state index contributed by atoms with van der Waals surface area (Å²) >= 11 is 0. The van der Waals surface area contributed by atoms with Gasteiger partial charge in [-0.3, -0.25) is 0 Å². The lowest BCUT2D eigenvalue weighted by atomic mass is 9.81. The van der Waals surface area contributed by atoms with Gasteiger partial charge in [-0.2, -0.15) is 0 Å². The van der Waals surface area contributed by atoms with E-state index >= 15 is 0 Å². The van der Waals surface area contributed by atoms with Gasteiger partial charge in [0.1, 0.15) is 0 Å². The largest absolute Gasteiger partial charge is 0.309 e. The third-order valence-corrected chi connectivity index (χ3v) is 13.7. The third-order valence-electron chi connectivity index (χ3n) is 13.7. The van der Waals surface area contributed by atoms with E-state index in [9.17, 15) is 0 Å². The Morgan fingerprint density at radius 1 is 0.417 bits per heavy atom. The summed E-state index contributed by atoms with van der Waals surface area (Å²) in [5, 5.41) is 4.95. The zero-order valence-corrected chi connectivity index (χ0v) is 34.4. The monoisotopic (exact) mass is 768 g/mol. The number of aromatic nitrogens is 1. The summed E-state index contributed by atoms with van der Waals surface area (Å²) in [5.74, 6) is 0. The molecule has 12 rings (SSSR count). The highest BCUT2D eigenvalue weighted by Gasteiger charge is 2.41. The first-order valence-corrected chi connectivity index (χ1v) is 21.2. The minimum Gasteiger partial charge on any atom is -0.309 e. The molecule has 0 aliphatic heterocycles. The van der Waals surface area contributed by atoms with Crippen molar-refractivity contribution in [3.05, 3.63) is 216 Å². The van der Waals surface area contributed by atoms with Crippen LogP contribution in [-0.2, 0) is 10.8 Å². The molecule has 2 heteroatoms. The quantitative estimate of drug-likeness (QED) is 0.169. The average molecular weight is 769 g/mol. The van der Waals surface area contributed by atoms with Gasteiger partial charge in [0.2, 0.25) is 0 Å². The number of hydrogen-bond acceptors (Lipinski definition) is 1. The Bertz CT molecular complexity index is 3330. The zero-order valence-electron chi connectivity index (χ0n) is 34.4. The average Bonchev–Trinajstić information content (AvgIpc) is 3.84. The first-order chi connectivity index (χ1) is 29.3. The van der Waals surface area contributed by atoms with Crippen molar-refractivity contribution < 1.29 is 0 Å². The topological polar surface area (TPSA) is 8.17 Å². The number of anilines is 3. The normalized spacial score (nSPS) is 14.3. The molecular formula is C58H44N2. The van der Waals surface area contributed by atoms with Crippen LogP contribution in [-0.4, -0.2) is 4.57 Å². The van der Waals surface area contributed by atoms with Crippen LogP contribution in [0.25, 0.3) is 71.6 Å². The summed E-state index contributed by atoms with van der Waals surface area (Å²) < 4.78 is 2.48. The minimum absolute atomic E-state index is 0.141. The molecular weight excluding hydrogens is 725 g/mol. The van der Waals surface area contributed by atoms with Gasteiger partial charge in [-0.1, -0.05) is 179 Å². The van der Waals surface area contributed by atoms with Crippen LogP contribution in [0.5, 0.6) is 0 Å². The number of para-hydroxylation sites is 2. The molecule has 2 aliphatic carbocycles. The van der Waals surface area contributed by atoms with Crippen LogP contribution in [0.3, 0.4) is 0 Å². The van der Waals surface area contributed by atoms with Gasteiger partial charge in [0, 0.05) is 38.2 Å². The van der Waals surface area contributed by atoms with Gasteiger partial charge in [-0.15, -0.1) is 0 Å². The lowest BCUT2D eigenvalue weighted by molar-refractivity contribution is 0.659. The molecule has 0 spiro atoms. The molecule has 0 bridgehead atoms. The van der Waals surface area contributed by atoms with Gasteiger partial charge in [0.15, 0.2) is 0 Å². The predicted octanol–water partition coefficient (Wildman–Crippen LogP) is 15.7. The fraction of sp³-hybridized carbons (Fsp3) is 0.103. The van der Waals surface area contributed by atoms with Crippen LogP contribution >= 0.6 is 0 Å². The van der Waals surface area contributed by atoms with E-state index < -0.39 is 0 Å². The SMILES string of the molecule is CC1(C)c2ccccc2-c2c(N(c3cc(-c4ccccc4)c4c(-n5c6ccccc6c6ccccc65)cccc4c3)c3cccc4c3C(C)(C)c3ccccc3-4)cccc21. The van der Waals surface area contributed by atoms with E-state index in [2.05, 4.69) is 231 Å². The van der Waals surface area contributed by atoms with E-state index in [4.69, 9.17) is 0 Å². The Balaban J connectivity index is 1.20. The van der Waals surface area contributed by atoms with Crippen LogP contribution in [0.2, 0.25) is 0 Å². The standard InChI is InChI=1S/C58H44N2/c1-57(2)47-28-13-9-25-44(47)55-48(57)29-18-33-52(55)59(53-34-17-26-43-40-22-8-12-27-46(40)58(3,4)56(43)53)39-35-38-21-16-32-51(54(38)45(36-39)37-19-6-5-7-20-37)60-49-30-14-10-23-41(49)42-24-11-15-31-50(42)60/h5-36H,1-4H3. The first-order valence-electron chi connectivity index (χ1n) is 21.2. The lowest BCUT2D eigenvalue weighted by Crippen LogP contribution is -2.21. The van der Waals surface area contributed by atoms with Gasteiger partial charge in [-0.25, -0.2) is 0 Å². The van der Waals surface area contributed by atoms with Crippen LogP contribution in [0.1, 0.15) is 49.9 Å². The summed E-state index contributed by atoms with van der Waals surface area (Å²) in [5.41, 5.74) is 19.9.